The fraction of sp³-hybridized carbons (Fsp3) is 0.714. The van der Waals surface area contributed by atoms with Crippen molar-refractivity contribution < 1.29 is 0 Å². The van der Waals surface area contributed by atoms with Crippen LogP contribution in [-0.4, -0.2) is 6.54 Å². The van der Waals surface area contributed by atoms with Crippen LogP contribution in [0.15, 0.2) is 10.5 Å². The molecule has 17 heavy (non-hydrogen) atoms. The summed E-state index contributed by atoms with van der Waals surface area (Å²) in [5.41, 5.74) is 0. The normalized spacial score (nSPS) is 18.8. The third kappa shape index (κ3) is 3.55. The molecule has 1 aliphatic rings. The Labute approximate surface area is 117 Å². The van der Waals surface area contributed by atoms with Gasteiger partial charge in [-0.1, -0.05) is 32.6 Å². The second-order valence-electron chi connectivity index (χ2n) is 5.05. The van der Waals surface area contributed by atoms with Gasteiger partial charge in [-0.2, -0.15) is 0 Å². The van der Waals surface area contributed by atoms with E-state index < -0.39 is 0 Å². The summed E-state index contributed by atoms with van der Waals surface area (Å²) in [7, 11) is 0. The lowest BCUT2D eigenvalue weighted by molar-refractivity contribution is 0.404. The first-order valence-corrected chi connectivity index (χ1v) is 8.31. The number of hydrogen-bond donors (Lipinski definition) is 1. The summed E-state index contributed by atoms with van der Waals surface area (Å²) >= 11 is 5.57. The molecule has 2 rings (SSSR count). The molecule has 0 aliphatic heterocycles. The minimum Gasteiger partial charge on any atom is -0.310 e. The minimum absolute atomic E-state index is 0.568. The molecule has 1 fully saturated rings. The van der Waals surface area contributed by atoms with E-state index in [9.17, 15) is 0 Å². The highest BCUT2D eigenvalue weighted by Crippen LogP contribution is 2.37. The van der Waals surface area contributed by atoms with Crippen LogP contribution in [0.25, 0.3) is 0 Å². The maximum absolute atomic E-state index is 3.66. The maximum Gasteiger partial charge on any atom is 0.0417 e. The van der Waals surface area contributed by atoms with E-state index in [4.69, 9.17) is 0 Å². The number of nitrogens with one attached hydrogen (secondary N) is 1. The van der Waals surface area contributed by atoms with Crippen molar-refractivity contribution in [3.8, 4) is 0 Å². The van der Waals surface area contributed by atoms with Crippen LogP contribution in [0.1, 0.15) is 54.8 Å². The molecule has 1 atom stereocenters. The standard InChI is InChI=1S/C14H22BrNS/c1-3-16-13(8-11-6-4-5-7-11)14-9-12(15)10(2)17-14/h9,11,13,16H,3-8H2,1-2H3. The van der Waals surface area contributed by atoms with E-state index in [0.717, 1.165) is 12.5 Å². The molecule has 96 valence electrons. The largest absolute Gasteiger partial charge is 0.310 e. The molecule has 0 amide bonds. The van der Waals surface area contributed by atoms with Crippen molar-refractivity contribution in [2.75, 3.05) is 6.54 Å². The van der Waals surface area contributed by atoms with Crippen LogP contribution >= 0.6 is 27.3 Å². The van der Waals surface area contributed by atoms with Gasteiger partial charge in [0.25, 0.3) is 0 Å². The van der Waals surface area contributed by atoms with Gasteiger partial charge in [0.1, 0.15) is 0 Å². The molecule has 0 aromatic carbocycles. The van der Waals surface area contributed by atoms with E-state index in [-0.39, 0.29) is 0 Å². The van der Waals surface area contributed by atoms with E-state index >= 15 is 0 Å². The predicted molar refractivity (Wildman–Crippen MR) is 79.7 cm³/mol. The van der Waals surface area contributed by atoms with Crippen LogP contribution in [0.2, 0.25) is 0 Å². The monoisotopic (exact) mass is 315 g/mol. The molecular weight excluding hydrogens is 294 g/mol. The molecular formula is C14H22BrNS. The molecule has 0 radical (unpaired) electrons. The first-order chi connectivity index (χ1) is 8.20. The maximum atomic E-state index is 3.66. The second-order valence-corrected chi connectivity index (χ2v) is 7.19. The Kier molecular flexibility index (Phi) is 5.07. The summed E-state index contributed by atoms with van der Waals surface area (Å²) in [6.07, 6.45) is 7.08. The quantitative estimate of drug-likeness (QED) is 0.801. The van der Waals surface area contributed by atoms with E-state index in [1.165, 1.54) is 46.3 Å². The van der Waals surface area contributed by atoms with Gasteiger partial charge in [0.15, 0.2) is 0 Å². The average Bonchev–Trinajstić information content (AvgIpc) is 2.90. The Bertz CT molecular complexity index is 336. The molecule has 1 aromatic heterocycles. The smallest absolute Gasteiger partial charge is 0.0417 e. The van der Waals surface area contributed by atoms with E-state index in [1.807, 2.05) is 11.3 Å². The number of hydrogen-bond acceptors (Lipinski definition) is 2. The van der Waals surface area contributed by atoms with E-state index in [0.29, 0.717) is 6.04 Å². The zero-order valence-electron chi connectivity index (χ0n) is 10.8. The molecule has 0 bridgehead atoms. The Morgan fingerprint density at radius 3 is 2.71 bits per heavy atom. The number of halogens is 1. The Morgan fingerprint density at radius 1 is 1.47 bits per heavy atom. The van der Waals surface area contributed by atoms with Crippen LogP contribution in [0.5, 0.6) is 0 Å². The van der Waals surface area contributed by atoms with Crippen molar-refractivity contribution in [2.45, 2.75) is 52.0 Å². The van der Waals surface area contributed by atoms with Gasteiger partial charge in [-0.05, 0) is 47.8 Å². The van der Waals surface area contributed by atoms with Gasteiger partial charge in [-0.3, -0.25) is 0 Å². The molecule has 1 N–H and O–H groups in total. The SMILES string of the molecule is CCNC(CC1CCCC1)c1cc(Br)c(C)s1. The van der Waals surface area contributed by atoms with Gasteiger partial charge >= 0.3 is 0 Å². The zero-order chi connectivity index (χ0) is 12.3. The second kappa shape index (κ2) is 6.35. The lowest BCUT2D eigenvalue weighted by Crippen LogP contribution is -2.22. The van der Waals surface area contributed by atoms with E-state index in [1.54, 1.807) is 0 Å². The van der Waals surface area contributed by atoms with Gasteiger partial charge in [0.2, 0.25) is 0 Å². The molecule has 0 spiro atoms. The molecule has 1 aliphatic carbocycles. The fourth-order valence-electron chi connectivity index (χ4n) is 2.78. The van der Waals surface area contributed by atoms with Crippen molar-refractivity contribution in [2.24, 2.45) is 5.92 Å². The third-order valence-electron chi connectivity index (χ3n) is 3.71. The van der Waals surface area contributed by atoms with Crippen molar-refractivity contribution in [3.05, 3.63) is 20.3 Å². The van der Waals surface area contributed by atoms with Crippen molar-refractivity contribution >= 4 is 27.3 Å². The molecule has 1 aromatic rings. The topological polar surface area (TPSA) is 12.0 Å². The summed E-state index contributed by atoms with van der Waals surface area (Å²) in [5, 5.41) is 3.66. The summed E-state index contributed by atoms with van der Waals surface area (Å²) in [4.78, 5) is 2.90. The Morgan fingerprint density at radius 2 is 2.18 bits per heavy atom. The van der Waals surface area contributed by atoms with Gasteiger partial charge in [-0.25, -0.2) is 0 Å². The summed E-state index contributed by atoms with van der Waals surface area (Å²) in [5.74, 6) is 0.945. The van der Waals surface area contributed by atoms with Crippen LogP contribution in [0.4, 0.5) is 0 Å². The van der Waals surface area contributed by atoms with Crippen LogP contribution in [0.3, 0.4) is 0 Å². The van der Waals surface area contributed by atoms with Crippen molar-refractivity contribution in [1.29, 1.82) is 0 Å². The fourth-order valence-corrected chi connectivity index (χ4v) is 4.43. The Hall–Kier alpha value is 0.140. The molecule has 1 nitrogen and oxygen atoms in total. The van der Waals surface area contributed by atoms with E-state index in [2.05, 4.69) is 41.2 Å². The number of rotatable bonds is 5. The molecule has 1 saturated carbocycles. The Balaban J connectivity index is 2.04. The lowest BCUT2D eigenvalue weighted by Gasteiger charge is -2.20. The summed E-state index contributed by atoms with van der Waals surface area (Å²) in [6.45, 7) is 5.46. The highest BCUT2D eigenvalue weighted by Gasteiger charge is 2.22. The summed E-state index contributed by atoms with van der Waals surface area (Å²) in [6, 6.07) is 2.88. The van der Waals surface area contributed by atoms with Crippen molar-refractivity contribution in [3.63, 3.8) is 0 Å². The molecule has 1 unspecified atom stereocenters. The van der Waals surface area contributed by atoms with Gasteiger partial charge in [0, 0.05) is 20.3 Å². The first-order valence-electron chi connectivity index (χ1n) is 6.70. The van der Waals surface area contributed by atoms with Crippen LogP contribution in [0, 0.1) is 12.8 Å². The minimum atomic E-state index is 0.568. The van der Waals surface area contributed by atoms with Gasteiger partial charge in [0.05, 0.1) is 0 Å². The third-order valence-corrected chi connectivity index (χ3v) is 5.96. The number of thiophene rings is 1. The first kappa shape index (κ1) is 13.6. The average molecular weight is 316 g/mol. The highest BCUT2D eigenvalue weighted by molar-refractivity contribution is 9.10. The number of aryl methyl sites for hydroxylation is 1. The molecule has 3 heteroatoms. The van der Waals surface area contributed by atoms with Crippen molar-refractivity contribution in [1.82, 2.24) is 5.32 Å². The van der Waals surface area contributed by atoms with Gasteiger partial charge < -0.3 is 5.32 Å². The highest BCUT2D eigenvalue weighted by atomic mass is 79.9. The molecule has 1 heterocycles. The van der Waals surface area contributed by atoms with Crippen LogP contribution < -0.4 is 5.32 Å². The van der Waals surface area contributed by atoms with Crippen LogP contribution in [-0.2, 0) is 0 Å². The lowest BCUT2D eigenvalue weighted by atomic mass is 9.97. The molecule has 0 saturated heterocycles. The summed E-state index contributed by atoms with van der Waals surface area (Å²) < 4.78 is 1.27. The zero-order valence-corrected chi connectivity index (χ0v) is 13.2. The predicted octanol–water partition coefficient (Wildman–Crippen LogP) is 5.05. The van der Waals surface area contributed by atoms with Gasteiger partial charge in [-0.15, -0.1) is 11.3 Å².